The molecule has 1 heterocycles. The van der Waals surface area contributed by atoms with Crippen molar-refractivity contribution in [2.75, 3.05) is 19.6 Å². The smallest absolute Gasteiger partial charge is 0.234 e. The molecule has 1 atom stereocenters. The Morgan fingerprint density at radius 3 is 2.30 bits per heavy atom. The first-order valence-corrected chi connectivity index (χ1v) is 7.75. The molecule has 0 radical (unpaired) electrons. The van der Waals surface area contributed by atoms with Gasteiger partial charge in [0.2, 0.25) is 11.8 Å². The zero-order chi connectivity index (χ0) is 15.1. The molecular weight excluding hydrogens is 254 g/mol. The number of amides is 2. The van der Waals surface area contributed by atoms with Crippen LogP contribution in [0.5, 0.6) is 0 Å². The monoisotopic (exact) mass is 283 g/mol. The second kappa shape index (κ2) is 8.25. The van der Waals surface area contributed by atoms with Crippen LogP contribution in [0.25, 0.3) is 0 Å². The Kier molecular flexibility index (Phi) is 6.99. The van der Waals surface area contributed by atoms with Gasteiger partial charge in [0.1, 0.15) is 0 Å². The van der Waals surface area contributed by atoms with Crippen molar-refractivity contribution >= 4 is 11.8 Å². The average molecular weight is 283 g/mol. The molecule has 20 heavy (non-hydrogen) atoms. The van der Waals surface area contributed by atoms with Gasteiger partial charge < -0.3 is 15.5 Å². The van der Waals surface area contributed by atoms with Gasteiger partial charge in [-0.3, -0.25) is 9.59 Å². The number of piperidine rings is 1. The van der Waals surface area contributed by atoms with E-state index in [0.717, 1.165) is 32.4 Å². The standard InChI is InChI=1S/C15H29N3O2/c1-5-12(4)16-10-14(19)17-13-6-8-18(9-7-13)15(20)11(2)3/h11-13,16H,5-10H2,1-4H3,(H,17,19). The van der Waals surface area contributed by atoms with Gasteiger partial charge in [-0.25, -0.2) is 0 Å². The van der Waals surface area contributed by atoms with E-state index in [1.807, 2.05) is 18.7 Å². The molecule has 5 nitrogen and oxygen atoms in total. The lowest BCUT2D eigenvalue weighted by Crippen LogP contribution is -2.49. The Morgan fingerprint density at radius 2 is 1.80 bits per heavy atom. The average Bonchev–Trinajstić information content (AvgIpc) is 2.44. The van der Waals surface area contributed by atoms with Crippen LogP contribution in [-0.4, -0.2) is 48.4 Å². The first kappa shape index (κ1) is 17.0. The Bertz CT molecular complexity index is 323. The maximum absolute atomic E-state index is 11.9. The highest BCUT2D eigenvalue weighted by molar-refractivity contribution is 5.79. The lowest BCUT2D eigenvalue weighted by atomic mass is 10.0. The first-order valence-electron chi connectivity index (χ1n) is 7.75. The molecule has 1 unspecified atom stereocenters. The number of carbonyl (C=O) groups is 2. The van der Waals surface area contributed by atoms with Crippen LogP contribution in [0.1, 0.15) is 47.0 Å². The molecular formula is C15H29N3O2. The number of likely N-dealkylation sites (tertiary alicyclic amines) is 1. The largest absolute Gasteiger partial charge is 0.352 e. The molecule has 2 N–H and O–H groups in total. The Morgan fingerprint density at radius 1 is 1.20 bits per heavy atom. The summed E-state index contributed by atoms with van der Waals surface area (Å²) < 4.78 is 0. The third kappa shape index (κ3) is 5.49. The molecule has 1 rings (SSSR count). The van der Waals surface area contributed by atoms with E-state index in [1.54, 1.807) is 0 Å². The van der Waals surface area contributed by atoms with Crippen LogP contribution >= 0.6 is 0 Å². The Hall–Kier alpha value is -1.10. The number of carbonyl (C=O) groups excluding carboxylic acids is 2. The van der Waals surface area contributed by atoms with Crippen LogP contribution in [0.4, 0.5) is 0 Å². The number of hydrogen-bond donors (Lipinski definition) is 2. The molecule has 0 spiro atoms. The van der Waals surface area contributed by atoms with Gasteiger partial charge in [0.05, 0.1) is 6.54 Å². The van der Waals surface area contributed by atoms with E-state index in [-0.39, 0.29) is 23.8 Å². The van der Waals surface area contributed by atoms with E-state index in [9.17, 15) is 9.59 Å². The van der Waals surface area contributed by atoms with Crippen LogP contribution in [0, 0.1) is 5.92 Å². The molecule has 0 saturated carbocycles. The fraction of sp³-hybridized carbons (Fsp3) is 0.867. The van der Waals surface area contributed by atoms with Crippen LogP contribution in [0.3, 0.4) is 0 Å². The van der Waals surface area contributed by atoms with Crippen molar-refractivity contribution in [3.05, 3.63) is 0 Å². The molecule has 5 heteroatoms. The molecule has 1 aliphatic rings. The Labute approximate surface area is 122 Å². The minimum absolute atomic E-state index is 0.0546. The van der Waals surface area contributed by atoms with Gasteiger partial charge in [-0.05, 0) is 26.2 Å². The molecule has 2 amide bonds. The zero-order valence-electron chi connectivity index (χ0n) is 13.2. The summed E-state index contributed by atoms with van der Waals surface area (Å²) in [5.41, 5.74) is 0. The van der Waals surface area contributed by atoms with Crippen molar-refractivity contribution in [1.29, 1.82) is 0 Å². The van der Waals surface area contributed by atoms with Gasteiger partial charge in [-0.1, -0.05) is 20.8 Å². The summed E-state index contributed by atoms with van der Waals surface area (Å²) in [5, 5.41) is 6.23. The second-order valence-electron chi connectivity index (χ2n) is 6.01. The maximum atomic E-state index is 11.9. The third-order valence-electron chi connectivity index (χ3n) is 3.89. The normalized spacial score (nSPS) is 18.1. The molecule has 0 bridgehead atoms. The van der Waals surface area contributed by atoms with Gasteiger partial charge in [0.25, 0.3) is 0 Å². The van der Waals surface area contributed by atoms with E-state index >= 15 is 0 Å². The SMILES string of the molecule is CCC(C)NCC(=O)NC1CCN(C(=O)C(C)C)CC1. The van der Waals surface area contributed by atoms with Crippen molar-refractivity contribution in [3.8, 4) is 0 Å². The highest BCUT2D eigenvalue weighted by atomic mass is 16.2. The van der Waals surface area contributed by atoms with Gasteiger partial charge in [-0.15, -0.1) is 0 Å². The second-order valence-corrected chi connectivity index (χ2v) is 6.01. The highest BCUT2D eigenvalue weighted by Gasteiger charge is 2.24. The molecule has 116 valence electrons. The van der Waals surface area contributed by atoms with Crippen LogP contribution in [0.2, 0.25) is 0 Å². The summed E-state index contributed by atoms with van der Waals surface area (Å²) >= 11 is 0. The Balaban J connectivity index is 2.25. The molecule has 1 saturated heterocycles. The van der Waals surface area contributed by atoms with Crippen molar-refractivity contribution in [2.45, 2.75) is 59.0 Å². The van der Waals surface area contributed by atoms with Crippen molar-refractivity contribution in [2.24, 2.45) is 5.92 Å². The van der Waals surface area contributed by atoms with Crippen LogP contribution in [-0.2, 0) is 9.59 Å². The molecule has 0 aliphatic carbocycles. The maximum Gasteiger partial charge on any atom is 0.234 e. The van der Waals surface area contributed by atoms with Crippen molar-refractivity contribution in [1.82, 2.24) is 15.5 Å². The summed E-state index contributed by atoms with van der Waals surface area (Å²) in [5.74, 6) is 0.327. The predicted molar refractivity (Wildman–Crippen MR) is 80.3 cm³/mol. The highest BCUT2D eigenvalue weighted by Crippen LogP contribution is 2.13. The fourth-order valence-electron chi connectivity index (χ4n) is 2.30. The number of nitrogens with zero attached hydrogens (tertiary/aromatic N) is 1. The third-order valence-corrected chi connectivity index (χ3v) is 3.89. The summed E-state index contributed by atoms with van der Waals surface area (Å²) in [6.07, 6.45) is 2.73. The number of hydrogen-bond acceptors (Lipinski definition) is 3. The summed E-state index contributed by atoms with van der Waals surface area (Å²) in [6, 6.07) is 0.573. The van der Waals surface area contributed by atoms with E-state index < -0.39 is 0 Å². The number of rotatable bonds is 6. The van der Waals surface area contributed by atoms with Crippen LogP contribution in [0.15, 0.2) is 0 Å². The van der Waals surface area contributed by atoms with Crippen molar-refractivity contribution < 1.29 is 9.59 Å². The quantitative estimate of drug-likeness (QED) is 0.768. The topological polar surface area (TPSA) is 61.4 Å². The molecule has 0 aromatic rings. The molecule has 1 aliphatic heterocycles. The molecule has 1 fully saturated rings. The van der Waals surface area contributed by atoms with E-state index in [2.05, 4.69) is 24.5 Å². The lowest BCUT2D eigenvalue weighted by molar-refractivity contribution is -0.135. The summed E-state index contributed by atoms with van der Waals surface area (Å²) in [7, 11) is 0. The van der Waals surface area contributed by atoms with Gasteiger partial charge in [0, 0.05) is 31.1 Å². The van der Waals surface area contributed by atoms with Crippen molar-refractivity contribution in [3.63, 3.8) is 0 Å². The molecule has 0 aromatic heterocycles. The molecule has 0 aromatic carbocycles. The van der Waals surface area contributed by atoms with Gasteiger partial charge in [0.15, 0.2) is 0 Å². The summed E-state index contributed by atoms with van der Waals surface area (Å²) in [4.78, 5) is 25.6. The minimum atomic E-state index is 0.0546. The predicted octanol–water partition coefficient (Wildman–Crippen LogP) is 1.14. The van der Waals surface area contributed by atoms with Gasteiger partial charge in [-0.2, -0.15) is 0 Å². The summed E-state index contributed by atoms with van der Waals surface area (Å²) in [6.45, 7) is 9.90. The van der Waals surface area contributed by atoms with Gasteiger partial charge >= 0.3 is 0 Å². The zero-order valence-corrected chi connectivity index (χ0v) is 13.2. The minimum Gasteiger partial charge on any atom is -0.352 e. The van der Waals surface area contributed by atoms with E-state index in [1.165, 1.54) is 0 Å². The lowest BCUT2D eigenvalue weighted by Gasteiger charge is -2.33. The van der Waals surface area contributed by atoms with E-state index in [0.29, 0.717) is 12.6 Å². The number of nitrogens with one attached hydrogen (secondary N) is 2. The first-order chi connectivity index (χ1) is 9.43. The fourth-order valence-corrected chi connectivity index (χ4v) is 2.30. The van der Waals surface area contributed by atoms with E-state index in [4.69, 9.17) is 0 Å². The van der Waals surface area contributed by atoms with Crippen LogP contribution < -0.4 is 10.6 Å².